The van der Waals surface area contributed by atoms with E-state index in [0.717, 1.165) is 16.5 Å². The third-order valence-corrected chi connectivity index (χ3v) is 4.73. The van der Waals surface area contributed by atoms with Crippen LogP contribution in [0.3, 0.4) is 0 Å². The summed E-state index contributed by atoms with van der Waals surface area (Å²) in [6.07, 6.45) is -4.43. The van der Waals surface area contributed by atoms with Crippen LogP contribution in [0.1, 0.15) is 17.2 Å². The number of anilines is 1. The maximum atomic E-state index is 13.1. The maximum absolute atomic E-state index is 13.1. The Balaban J connectivity index is 1.93. The predicted octanol–water partition coefficient (Wildman–Crippen LogP) is 5.62. The number of hydrogen-bond acceptors (Lipinski definition) is 2. The number of benzene rings is 2. The van der Waals surface area contributed by atoms with Crippen molar-refractivity contribution in [3.63, 3.8) is 0 Å². The van der Waals surface area contributed by atoms with Crippen molar-refractivity contribution in [2.75, 3.05) is 11.1 Å². The monoisotopic (exact) mass is 329 g/mol. The molecule has 0 saturated heterocycles. The Bertz CT molecular complexity index is 672. The van der Waals surface area contributed by atoms with Gasteiger partial charge in [0.25, 0.3) is 0 Å². The molecular weight excluding hydrogens is 319 g/mol. The molecule has 1 aliphatic heterocycles. The van der Waals surface area contributed by atoms with Gasteiger partial charge in [0.1, 0.15) is 0 Å². The Kier molecular flexibility index (Phi) is 3.80. The van der Waals surface area contributed by atoms with Crippen LogP contribution >= 0.6 is 23.4 Å². The zero-order valence-corrected chi connectivity index (χ0v) is 12.3. The Hall–Kier alpha value is -1.33. The second kappa shape index (κ2) is 5.46. The third kappa shape index (κ3) is 2.99. The average molecular weight is 330 g/mol. The zero-order valence-electron chi connectivity index (χ0n) is 10.7. The van der Waals surface area contributed by atoms with Crippen LogP contribution in [0.25, 0.3) is 0 Å². The van der Waals surface area contributed by atoms with Gasteiger partial charge in [-0.15, -0.1) is 11.8 Å². The number of fused-ring (bicyclic) bond motifs is 1. The summed E-state index contributed by atoms with van der Waals surface area (Å²) in [5, 5.41) is 3.08. The lowest BCUT2D eigenvalue weighted by molar-refractivity contribution is -0.137. The van der Waals surface area contributed by atoms with Crippen molar-refractivity contribution >= 4 is 29.1 Å². The molecule has 21 heavy (non-hydrogen) atoms. The lowest BCUT2D eigenvalue weighted by Gasteiger charge is -2.19. The highest BCUT2D eigenvalue weighted by Gasteiger charge is 2.35. The van der Waals surface area contributed by atoms with Crippen molar-refractivity contribution in [1.29, 1.82) is 0 Å². The summed E-state index contributed by atoms with van der Waals surface area (Å²) >= 11 is 7.33. The molecule has 0 aliphatic carbocycles. The summed E-state index contributed by atoms with van der Waals surface area (Å²) in [6, 6.07) is 11.4. The fraction of sp³-hybridized carbons (Fsp3) is 0.200. The number of halogens is 4. The zero-order chi connectivity index (χ0) is 15.0. The summed E-state index contributed by atoms with van der Waals surface area (Å²) in [4.78, 5) is 1.11. The Morgan fingerprint density at radius 1 is 1.14 bits per heavy atom. The molecule has 3 rings (SSSR count). The van der Waals surface area contributed by atoms with Crippen molar-refractivity contribution < 1.29 is 13.2 Å². The lowest BCUT2D eigenvalue weighted by Crippen LogP contribution is -2.15. The van der Waals surface area contributed by atoms with Gasteiger partial charge < -0.3 is 5.32 Å². The summed E-state index contributed by atoms with van der Waals surface area (Å²) in [7, 11) is 0. The summed E-state index contributed by atoms with van der Waals surface area (Å²) in [6.45, 7) is 0. The van der Waals surface area contributed by atoms with Crippen LogP contribution < -0.4 is 5.32 Å². The molecule has 0 saturated carbocycles. The van der Waals surface area contributed by atoms with Crippen LogP contribution in [-0.2, 0) is 6.18 Å². The van der Waals surface area contributed by atoms with Crippen LogP contribution in [0.15, 0.2) is 47.4 Å². The first-order chi connectivity index (χ1) is 9.95. The van der Waals surface area contributed by atoms with Gasteiger partial charge in [-0.3, -0.25) is 0 Å². The molecule has 6 heteroatoms. The van der Waals surface area contributed by atoms with Gasteiger partial charge in [0.05, 0.1) is 11.6 Å². The van der Waals surface area contributed by atoms with E-state index in [-0.39, 0.29) is 16.8 Å². The molecule has 2 aromatic rings. The van der Waals surface area contributed by atoms with E-state index in [1.54, 1.807) is 11.8 Å². The third-order valence-electron chi connectivity index (χ3n) is 3.32. The van der Waals surface area contributed by atoms with E-state index in [4.69, 9.17) is 11.6 Å². The second-order valence-electron chi connectivity index (χ2n) is 4.73. The van der Waals surface area contributed by atoms with E-state index in [1.807, 2.05) is 24.3 Å². The fourth-order valence-corrected chi connectivity index (χ4v) is 3.68. The quantitative estimate of drug-likeness (QED) is 0.767. The van der Waals surface area contributed by atoms with E-state index in [1.165, 1.54) is 12.1 Å². The van der Waals surface area contributed by atoms with Gasteiger partial charge in [0.2, 0.25) is 0 Å². The van der Waals surface area contributed by atoms with E-state index in [9.17, 15) is 13.2 Å². The first kappa shape index (κ1) is 14.6. The molecule has 1 nitrogen and oxygen atoms in total. The molecule has 0 fully saturated rings. The number of thioether (sulfide) groups is 1. The molecule has 1 N–H and O–H groups in total. The van der Waals surface area contributed by atoms with Gasteiger partial charge in [0.15, 0.2) is 0 Å². The molecule has 0 bridgehead atoms. The first-order valence-electron chi connectivity index (χ1n) is 6.30. The van der Waals surface area contributed by atoms with Crippen molar-refractivity contribution in [2.24, 2.45) is 0 Å². The number of rotatable bonds is 2. The van der Waals surface area contributed by atoms with E-state index < -0.39 is 11.7 Å². The summed E-state index contributed by atoms with van der Waals surface area (Å²) in [5.41, 5.74) is 0.365. The van der Waals surface area contributed by atoms with Gasteiger partial charge in [0, 0.05) is 21.4 Å². The molecule has 0 spiro atoms. The normalized spacial score (nSPS) is 17.6. The predicted molar refractivity (Wildman–Crippen MR) is 80.0 cm³/mol. The van der Waals surface area contributed by atoms with Crippen molar-refractivity contribution in [3.8, 4) is 0 Å². The number of nitrogens with one attached hydrogen (secondary N) is 1. The topological polar surface area (TPSA) is 12.0 Å². The summed E-state index contributed by atoms with van der Waals surface area (Å²) < 4.78 is 39.3. The summed E-state index contributed by atoms with van der Waals surface area (Å²) in [5.74, 6) is 0.708. The molecule has 110 valence electrons. The highest BCUT2D eigenvalue weighted by atomic mass is 35.5. The van der Waals surface area contributed by atoms with Crippen molar-refractivity contribution in [2.45, 2.75) is 17.1 Å². The maximum Gasteiger partial charge on any atom is 0.418 e. The van der Waals surface area contributed by atoms with Gasteiger partial charge in [-0.05, 0) is 29.8 Å². The van der Waals surface area contributed by atoms with Crippen LogP contribution in [0, 0.1) is 0 Å². The van der Waals surface area contributed by atoms with Crippen LogP contribution in [0.4, 0.5) is 18.9 Å². The minimum Gasteiger partial charge on any atom is -0.377 e. The smallest absolute Gasteiger partial charge is 0.377 e. The SMILES string of the molecule is FC(F)(F)c1cc(Cl)ccc1NC1CSc2ccccc21. The van der Waals surface area contributed by atoms with Crippen LogP contribution in [-0.4, -0.2) is 5.75 Å². The van der Waals surface area contributed by atoms with E-state index >= 15 is 0 Å². The van der Waals surface area contributed by atoms with Gasteiger partial charge in [-0.25, -0.2) is 0 Å². The second-order valence-corrected chi connectivity index (χ2v) is 6.23. The largest absolute Gasteiger partial charge is 0.418 e. The highest BCUT2D eigenvalue weighted by molar-refractivity contribution is 7.99. The molecule has 1 unspecified atom stereocenters. The minimum atomic E-state index is -4.43. The average Bonchev–Trinajstić information content (AvgIpc) is 2.83. The molecule has 2 aromatic carbocycles. The number of hydrogen-bond donors (Lipinski definition) is 1. The van der Waals surface area contributed by atoms with Gasteiger partial charge >= 0.3 is 6.18 Å². The molecule has 0 aromatic heterocycles. The van der Waals surface area contributed by atoms with Gasteiger partial charge in [-0.2, -0.15) is 13.2 Å². The fourth-order valence-electron chi connectivity index (χ4n) is 2.35. The van der Waals surface area contributed by atoms with Crippen LogP contribution in [0.5, 0.6) is 0 Å². The lowest BCUT2D eigenvalue weighted by atomic mass is 10.1. The Labute approximate surface area is 129 Å². The van der Waals surface area contributed by atoms with Crippen molar-refractivity contribution in [1.82, 2.24) is 0 Å². The minimum absolute atomic E-state index is 0.0641. The molecule has 1 aliphatic rings. The molecule has 0 radical (unpaired) electrons. The van der Waals surface area contributed by atoms with Crippen molar-refractivity contribution in [3.05, 3.63) is 58.6 Å². The first-order valence-corrected chi connectivity index (χ1v) is 7.66. The molecular formula is C15H11ClF3NS. The molecule has 0 amide bonds. The van der Waals surface area contributed by atoms with E-state index in [0.29, 0.717) is 5.75 Å². The van der Waals surface area contributed by atoms with Crippen LogP contribution in [0.2, 0.25) is 5.02 Å². The highest BCUT2D eigenvalue weighted by Crippen LogP contribution is 2.42. The standard InChI is InChI=1S/C15H11ClF3NS/c16-9-5-6-12(11(7-9)15(17,18)19)20-13-8-21-14-4-2-1-3-10(13)14/h1-7,13,20H,8H2. The Morgan fingerprint density at radius 3 is 2.67 bits per heavy atom. The molecule has 1 heterocycles. The number of alkyl halides is 3. The van der Waals surface area contributed by atoms with E-state index in [2.05, 4.69) is 5.32 Å². The van der Waals surface area contributed by atoms with Gasteiger partial charge in [-0.1, -0.05) is 29.8 Å². The Morgan fingerprint density at radius 2 is 1.90 bits per heavy atom. The molecule has 1 atom stereocenters.